The Kier molecular flexibility index (Phi) is 26.4. The lowest BCUT2D eigenvalue weighted by Gasteiger charge is -2.32. The Morgan fingerprint density at radius 3 is 1.07 bits per heavy atom. The lowest BCUT2D eigenvalue weighted by molar-refractivity contribution is -0.197. The highest BCUT2D eigenvalue weighted by molar-refractivity contribution is 6.63. The van der Waals surface area contributed by atoms with Crippen LogP contribution in [0.1, 0.15) is 253 Å². The molecule has 11 rings (SSSR count). The largest absolute Gasteiger partial charge is 0.497 e. The van der Waals surface area contributed by atoms with Crippen LogP contribution in [0.25, 0.3) is 0 Å². The molecule has 5 heterocycles. The second-order valence-corrected chi connectivity index (χ2v) is 34.5. The highest BCUT2D eigenvalue weighted by Crippen LogP contribution is 2.41. The van der Waals surface area contributed by atoms with Crippen molar-refractivity contribution >= 4 is 109 Å². The van der Waals surface area contributed by atoms with Crippen LogP contribution in [-0.2, 0) is 87.3 Å². The second-order valence-electron chi connectivity index (χ2n) is 34.5. The monoisotopic (exact) mass is 1630 g/mol. The van der Waals surface area contributed by atoms with Crippen LogP contribution in [0.2, 0.25) is 0 Å². The summed E-state index contributed by atoms with van der Waals surface area (Å²) < 4.78 is 112. The molecule has 33 heteroatoms. The molecule has 0 spiro atoms. The molecule has 0 unspecified atom stereocenters. The van der Waals surface area contributed by atoms with Crippen molar-refractivity contribution < 1.29 is 108 Å². The van der Waals surface area contributed by atoms with E-state index in [0.717, 1.165) is 24.3 Å². The van der Waals surface area contributed by atoms with Crippen LogP contribution in [0.3, 0.4) is 0 Å². The molecule has 624 valence electrons. The van der Waals surface area contributed by atoms with Gasteiger partial charge in [-0.2, -0.15) is 0 Å². The van der Waals surface area contributed by atoms with Gasteiger partial charge in [-0.25, -0.2) is 22.4 Å². The van der Waals surface area contributed by atoms with Crippen LogP contribution in [0.15, 0.2) is 109 Å². The minimum atomic E-state index is -1.27. The van der Waals surface area contributed by atoms with Gasteiger partial charge >= 0.3 is 34.4 Å². The van der Waals surface area contributed by atoms with Gasteiger partial charge in [-0.3, -0.25) is 43.2 Å². The van der Waals surface area contributed by atoms with E-state index in [4.69, 9.17) is 42.1 Å². The molecule has 7 amide bonds. The molecule has 5 aliphatic heterocycles. The quantitative estimate of drug-likeness (QED) is 0.00890. The Labute approximate surface area is 685 Å². The highest BCUT2D eigenvalue weighted by Gasteiger charge is 2.56. The fourth-order valence-corrected chi connectivity index (χ4v) is 13.6. The van der Waals surface area contributed by atoms with Crippen molar-refractivity contribution in [3.63, 3.8) is 0 Å². The Morgan fingerprint density at radius 1 is 0.381 bits per heavy atom. The van der Waals surface area contributed by atoms with Gasteiger partial charge in [-0.15, -0.1) is 5.06 Å². The maximum absolute atomic E-state index is 15.9. The number of halogens is 4. The summed E-state index contributed by atoms with van der Waals surface area (Å²) in [4.78, 5) is 141. The maximum Gasteiger partial charge on any atom is 0.497 e. The number of carbonyl (C=O) groups excluding carboxylic acids is 10. The third-order valence-corrected chi connectivity index (χ3v) is 23.7. The van der Waals surface area contributed by atoms with Crippen LogP contribution in [0.5, 0.6) is 0 Å². The van der Waals surface area contributed by atoms with Gasteiger partial charge in [0.1, 0.15) is 23.3 Å². The van der Waals surface area contributed by atoms with Crippen LogP contribution >= 0.6 is 0 Å². The summed E-state index contributed by atoms with van der Waals surface area (Å²) in [6.07, 6.45) is -1.03. The van der Waals surface area contributed by atoms with Gasteiger partial charge in [0.05, 0.1) is 50.9 Å². The molecule has 1 atom stereocenters. The maximum atomic E-state index is 15.9. The lowest BCUT2D eigenvalue weighted by atomic mass is 9.78. The summed E-state index contributed by atoms with van der Waals surface area (Å²) in [5, 5.41) is 14.4. The number of imide groups is 1. The summed E-state index contributed by atoms with van der Waals surface area (Å²) in [7, 11) is -4.18. The van der Waals surface area contributed by atoms with Gasteiger partial charge in [0.25, 0.3) is 41.4 Å². The smallest absolute Gasteiger partial charge is 0.399 e. The topological polar surface area (TPSA) is 317 Å². The molecule has 5 N–H and O–H groups in total. The molecule has 0 aliphatic carbocycles. The molecular weight excluding hydrogens is 1530 g/mol. The molecule has 0 saturated carbocycles. The van der Waals surface area contributed by atoms with Gasteiger partial charge in [-0.05, 0) is 232 Å². The standard InChI is InChI=1S/C85H100B4F4N6O19/c1-78(2)79(3,4)112-86(111-78)59-28-24-53(42-63(59)90)68(100)32-23-49-36-50(46-95-73(105)54-25-29-60(64(91)43-54)87-113-80(5,6)81(7,8)114-87)41-58(38-49)77(109)98-67(69(101)21-19-22-72(104)110-99-70(102)33-34-71(99)103)20-17-18-35-94-76(108)57-39-51(47-96-74(106)55-26-30-61(65(92)44-55)88-115-82(9,10)83(11,12)116-88)37-52(40-57)48-97-75(107)56-27-31-62(66(93)45-56)89-117-84(13,14)85(15,16)118-89/h24-31,36-45,67H,17-23,32-35,46-48H2,1-16H3,(H,94,108)(H,95,105)(H,96,106)(H,97,107)(H,98,109)/t67-/m0/s1. The van der Waals surface area contributed by atoms with Crippen molar-refractivity contribution in [1.29, 1.82) is 0 Å². The van der Waals surface area contributed by atoms with E-state index >= 15 is 17.6 Å². The van der Waals surface area contributed by atoms with E-state index < -0.39 is 168 Å². The molecule has 6 aromatic carbocycles. The molecule has 25 nitrogen and oxygen atoms in total. The highest BCUT2D eigenvalue weighted by atomic mass is 19.1. The van der Waals surface area contributed by atoms with Crippen LogP contribution in [0, 0.1) is 23.3 Å². The number of rotatable bonds is 31. The number of nitrogens with one attached hydrogen (secondary N) is 5. The van der Waals surface area contributed by atoms with Gasteiger partial charge in [-0.1, -0.05) is 42.5 Å². The van der Waals surface area contributed by atoms with Gasteiger partial charge in [0.2, 0.25) is 0 Å². The number of hydroxylamine groups is 2. The first-order valence-corrected chi connectivity index (χ1v) is 39.6. The van der Waals surface area contributed by atoms with E-state index in [2.05, 4.69) is 26.6 Å². The number of hydrogen-bond acceptors (Lipinski definition) is 19. The molecule has 5 saturated heterocycles. The molecule has 0 aromatic heterocycles. The zero-order valence-corrected chi connectivity index (χ0v) is 69.4. The third kappa shape index (κ3) is 20.2. The number of nitrogens with zero attached hydrogens (tertiary/aromatic N) is 1. The first-order chi connectivity index (χ1) is 55.1. The molecule has 0 bridgehead atoms. The second kappa shape index (κ2) is 34.9. The van der Waals surface area contributed by atoms with E-state index in [-0.39, 0.29) is 139 Å². The number of amides is 7. The number of Topliss-reactive ketones (excluding diaryl/α,β-unsaturated/α-hetero) is 2. The van der Waals surface area contributed by atoms with Crippen molar-refractivity contribution in [1.82, 2.24) is 31.6 Å². The van der Waals surface area contributed by atoms with Crippen LogP contribution in [0.4, 0.5) is 17.6 Å². The summed E-state index contributed by atoms with van der Waals surface area (Å²) in [5.41, 5.74) is -4.30. The predicted octanol–water partition coefficient (Wildman–Crippen LogP) is 9.09. The lowest BCUT2D eigenvalue weighted by Crippen LogP contribution is -2.41. The number of unbranched alkanes of at least 4 members (excludes halogenated alkanes) is 1. The summed E-state index contributed by atoms with van der Waals surface area (Å²) in [6, 6.07) is 23.6. The van der Waals surface area contributed by atoms with Gasteiger partial charge in [0.15, 0.2) is 11.6 Å². The zero-order chi connectivity index (χ0) is 86.2. The molecule has 0 radical (unpaired) electrons. The number of benzene rings is 6. The summed E-state index contributed by atoms with van der Waals surface area (Å²) in [5.74, 6) is -9.78. The zero-order valence-electron chi connectivity index (χ0n) is 69.4. The Balaban J connectivity index is 0.799. The average Bonchev–Trinajstić information content (AvgIpc) is 1.63. The van der Waals surface area contributed by atoms with Crippen molar-refractivity contribution in [2.24, 2.45) is 0 Å². The van der Waals surface area contributed by atoms with Gasteiger partial charge in [0, 0.05) is 114 Å². The van der Waals surface area contributed by atoms with E-state index in [9.17, 15) is 47.9 Å². The fourth-order valence-electron chi connectivity index (χ4n) is 13.6. The Morgan fingerprint density at radius 2 is 0.703 bits per heavy atom. The number of carbonyl (C=O) groups is 10. The minimum Gasteiger partial charge on any atom is -0.399 e. The van der Waals surface area contributed by atoms with Crippen LogP contribution < -0.4 is 48.4 Å². The minimum absolute atomic E-state index is 0.00895. The number of ketones is 2. The van der Waals surface area contributed by atoms with E-state index in [1.165, 1.54) is 72.8 Å². The predicted molar refractivity (Wildman–Crippen MR) is 431 cm³/mol. The van der Waals surface area contributed by atoms with E-state index in [1.807, 2.05) is 111 Å². The molecule has 6 aromatic rings. The number of hydrogen-bond donors (Lipinski definition) is 5. The molecule has 118 heavy (non-hydrogen) atoms. The van der Waals surface area contributed by atoms with Crippen LogP contribution in [-0.4, -0.2) is 150 Å². The Hall–Kier alpha value is -9.72. The van der Waals surface area contributed by atoms with E-state index in [1.54, 1.807) is 12.1 Å². The van der Waals surface area contributed by atoms with Crippen molar-refractivity contribution in [2.75, 3.05) is 6.54 Å². The average molecular weight is 1630 g/mol. The van der Waals surface area contributed by atoms with E-state index in [0.29, 0.717) is 27.3 Å². The fraction of sp³-hybridized carbons (Fsp3) is 0.459. The van der Waals surface area contributed by atoms with Crippen molar-refractivity contribution in [2.45, 2.75) is 245 Å². The SMILES string of the molecule is CC1(C)OB(c2ccc(C(=O)CCc3cc(CNC(=O)c4ccc(B5OC(C)(C)C(C)(C)O5)c(F)c4)cc(C(=O)N[C@@H](CCCCNC(=O)c4cc(CNC(=O)c5ccc(B6OC(C)(C)C(C)(C)O6)c(F)c5)cc(CNC(=O)c5ccc(B6OC(C)(C)C(C)(C)O6)c(F)c5)c4)C(=O)CCCC(=O)ON4C(=O)CCC4=O)c3)cc2F)OC1(C)C. The van der Waals surface area contributed by atoms with Gasteiger partial charge < -0.3 is 68.7 Å². The first-order valence-electron chi connectivity index (χ1n) is 39.6. The summed E-state index contributed by atoms with van der Waals surface area (Å²) in [6.45, 7) is 28.6. The van der Waals surface area contributed by atoms with Crippen molar-refractivity contribution in [3.05, 3.63) is 188 Å². The number of aryl methyl sites for hydroxylation is 1. The molecular formula is C85H100B4F4N6O19. The molecule has 5 aliphatic rings. The van der Waals surface area contributed by atoms with Crippen molar-refractivity contribution in [3.8, 4) is 0 Å². The Bertz CT molecular complexity index is 4640. The first kappa shape index (κ1) is 89.1. The normalized spacial score (nSPS) is 18.6. The summed E-state index contributed by atoms with van der Waals surface area (Å²) >= 11 is 0. The third-order valence-electron chi connectivity index (χ3n) is 23.7. The molecule has 5 fully saturated rings.